The summed E-state index contributed by atoms with van der Waals surface area (Å²) in [5.74, 6) is 0. The molecule has 2 rings (SSSR count). The van der Waals surface area contributed by atoms with Crippen molar-refractivity contribution in [1.82, 2.24) is 5.32 Å². The molecule has 1 aromatic rings. The van der Waals surface area contributed by atoms with E-state index in [0.29, 0.717) is 18.2 Å². The lowest BCUT2D eigenvalue weighted by atomic mass is 10.0. The molecule has 20 heavy (non-hydrogen) atoms. The number of hydrogen-bond donors (Lipinski definition) is 1. The fraction of sp³-hybridized carbons (Fsp3) is 0.600. The van der Waals surface area contributed by atoms with Crippen LogP contribution in [0.3, 0.4) is 0 Å². The zero-order valence-electron chi connectivity index (χ0n) is 11.7. The fourth-order valence-corrected chi connectivity index (χ4v) is 2.72. The smallest absolute Gasteiger partial charge is 0.159 e. The molecule has 1 aliphatic rings. The van der Waals surface area contributed by atoms with Crippen LogP contribution in [0.1, 0.15) is 25.3 Å². The number of hydrogen-bond acceptors (Lipinski definition) is 3. The Hall–Kier alpha value is -0.320. The lowest BCUT2D eigenvalue weighted by molar-refractivity contribution is -0.0526. The molecule has 112 valence electrons. The van der Waals surface area contributed by atoms with Crippen LogP contribution < -0.4 is 5.32 Å². The molecule has 1 heterocycles. The van der Waals surface area contributed by atoms with Crippen LogP contribution in [0.15, 0.2) is 18.2 Å². The molecule has 0 spiro atoms. The van der Waals surface area contributed by atoms with Crippen molar-refractivity contribution in [2.45, 2.75) is 38.5 Å². The van der Waals surface area contributed by atoms with Gasteiger partial charge in [0.1, 0.15) is 0 Å². The Morgan fingerprint density at radius 1 is 1.30 bits per heavy atom. The van der Waals surface area contributed by atoms with E-state index in [1.165, 1.54) is 0 Å². The molecule has 1 saturated heterocycles. The predicted molar refractivity (Wildman–Crippen MR) is 82.6 cm³/mol. The van der Waals surface area contributed by atoms with Gasteiger partial charge in [-0.3, -0.25) is 0 Å². The van der Waals surface area contributed by atoms with Gasteiger partial charge in [-0.05, 0) is 43.1 Å². The van der Waals surface area contributed by atoms with Crippen molar-refractivity contribution in [3.05, 3.63) is 33.8 Å². The molecule has 0 aliphatic carbocycles. The Balaban J connectivity index is 1.99. The zero-order chi connectivity index (χ0) is 14.4. The van der Waals surface area contributed by atoms with Gasteiger partial charge in [0.2, 0.25) is 0 Å². The standard InChI is InChI=1S/C15H21Cl2NO2/c1-2-5-18-13(10-15-19-6-7-20-15)9-11-8-12(16)3-4-14(11)17/h3-4,8,13,15,18H,2,5-7,9-10H2,1H3. The third-order valence-electron chi connectivity index (χ3n) is 3.32. The summed E-state index contributed by atoms with van der Waals surface area (Å²) in [6.45, 7) is 4.49. The van der Waals surface area contributed by atoms with Crippen LogP contribution in [0, 0.1) is 0 Å². The Morgan fingerprint density at radius 2 is 2.05 bits per heavy atom. The monoisotopic (exact) mass is 317 g/mol. The Morgan fingerprint density at radius 3 is 2.75 bits per heavy atom. The van der Waals surface area contributed by atoms with E-state index in [4.69, 9.17) is 32.7 Å². The quantitative estimate of drug-likeness (QED) is 0.832. The summed E-state index contributed by atoms with van der Waals surface area (Å²) in [7, 11) is 0. The van der Waals surface area contributed by atoms with Gasteiger partial charge in [-0.25, -0.2) is 0 Å². The molecule has 1 unspecified atom stereocenters. The van der Waals surface area contributed by atoms with E-state index in [0.717, 1.165) is 36.4 Å². The number of ether oxygens (including phenoxy) is 2. The molecule has 1 fully saturated rings. The summed E-state index contributed by atoms with van der Waals surface area (Å²) in [5.41, 5.74) is 1.06. The molecular formula is C15H21Cl2NO2. The van der Waals surface area contributed by atoms with Crippen LogP contribution in [0.2, 0.25) is 10.0 Å². The first kappa shape index (κ1) is 16.1. The lowest BCUT2D eigenvalue weighted by Gasteiger charge is -2.22. The molecule has 1 atom stereocenters. The molecule has 0 amide bonds. The third kappa shape index (κ3) is 4.90. The Labute approximate surface area is 130 Å². The minimum Gasteiger partial charge on any atom is -0.350 e. The van der Waals surface area contributed by atoms with Gasteiger partial charge >= 0.3 is 0 Å². The maximum atomic E-state index is 6.24. The normalized spacial score (nSPS) is 17.6. The number of rotatable bonds is 7. The second-order valence-corrected chi connectivity index (χ2v) is 5.84. The summed E-state index contributed by atoms with van der Waals surface area (Å²) in [6.07, 6.45) is 2.62. The maximum absolute atomic E-state index is 6.24. The van der Waals surface area contributed by atoms with Crippen LogP contribution in [-0.2, 0) is 15.9 Å². The van der Waals surface area contributed by atoms with Gasteiger partial charge in [0.25, 0.3) is 0 Å². The van der Waals surface area contributed by atoms with E-state index in [1.807, 2.05) is 18.2 Å². The molecule has 1 aromatic carbocycles. The summed E-state index contributed by atoms with van der Waals surface area (Å²) in [4.78, 5) is 0. The third-order valence-corrected chi connectivity index (χ3v) is 3.93. The lowest BCUT2D eigenvalue weighted by Crippen LogP contribution is -2.35. The van der Waals surface area contributed by atoms with Crippen LogP contribution in [0.5, 0.6) is 0 Å². The number of benzene rings is 1. The van der Waals surface area contributed by atoms with E-state index in [2.05, 4.69) is 12.2 Å². The van der Waals surface area contributed by atoms with Gasteiger partial charge in [0.15, 0.2) is 6.29 Å². The van der Waals surface area contributed by atoms with E-state index in [-0.39, 0.29) is 12.3 Å². The molecule has 1 N–H and O–H groups in total. The van der Waals surface area contributed by atoms with Crippen molar-refractivity contribution >= 4 is 23.2 Å². The van der Waals surface area contributed by atoms with Gasteiger partial charge in [0, 0.05) is 22.5 Å². The van der Waals surface area contributed by atoms with E-state index < -0.39 is 0 Å². The SMILES string of the molecule is CCCNC(Cc1cc(Cl)ccc1Cl)CC1OCCO1. The number of halogens is 2. The molecule has 0 bridgehead atoms. The van der Waals surface area contributed by atoms with Crippen molar-refractivity contribution in [1.29, 1.82) is 0 Å². The van der Waals surface area contributed by atoms with E-state index in [9.17, 15) is 0 Å². The molecule has 0 saturated carbocycles. The summed E-state index contributed by atoms with van der Waals surface area (Å²) in [6, 6.07) is 5.86. The minimum absolute atomic E-state index is 0.109. The van der Waals surface area contributed by atoms with Gasteiger partial charge in [-0.1, -0.05) is 30.1 Å². The molecular weight excluding hydrogens is 297 g/mol. The van der Waals surface area contributed by atoms with Crippen LogP contribution in [-0.4, -0.2) is 32.1 Å². The van der Waals surface area contributed by atoms with Crippen molar-refractivity contribution < 1.29 is 9.47 Å². The van der Waals surface area contributed by atoms with Gasteiger partial charge in [0.05, 0.1) is 13.2 Å². The topological polar surface area (TPSA) is 30.5 Å². The summed E-state index contributed by atoms with van der Waals surface area (Å²) >= 11 is 12.3. The van der Waals surface area contributed by atoms with Crippen LogP contribution in [0.25, 0.3) is 0 Å². The molecule has 5 heteroatoms. The van der Waals surface area contributed by atoms with Crippen molar-refractivity contribution in [2.75, 3.05) is 19.8 Å². The molecule has 3 nitrogen and oxygen atoms in total. The highest BCUT2D eigenvalue weighted by molar-refractivity contribution is 6.33. The van der Waals surface area contributed by atoms with Crippen molar-refractivity contribution in [2.24, 2.45) is 0 Å². The molecule has 0 radical (unpaired) electrons. The van der Waals surface area contributed by atoms with Crippen LogP contribution in [0.4, 0.5) is 0 Å². The fourth-order valence-electron chi connectivity index (χ4n) is 2.33. The number of nitrogens with one attached hydrogen (secondary N) is 1. The first-order valence-corrected chi connectivity index (χ1v) is 7.85. The zero-order valence-corrected chi connectivity index (χ0v) is 13.2. The average molecular weight is 318 g/mol. The summed E-state index contributed by atoms with van der Waals surface area (Å²) in [5, 5.41) is 5.00. The van der Waals surface area contributed by atoms with Gasteiger partial charge in [-0.2, -0.15) is 0 Å². The van der Waals surface area contributed by atoms with Crippen LogP contribution >= 0.6 is 23.2 Å². The highest BCUT2D eigenvalue weighted by Crippen LogP contribution is 2.23. The maximum Gasteiger partial charge on any atom is 0.159 e. The van der Waals surface area contributed by atoms with Gasteiger partial charge < -0.3 is 14.8 Å². The second kappa shape index (κ2) is 8.20. The van der Waals surface area contributed by atoms with Crippen molar-refractivity contribution in [3.63, 3.8) is 0 Å². The molecule has 1 aliphatic heterocycles. The van der Waals surface area contributed by atoms with Gasteiger partial charge in [-0.15, -0.1) is 0 Å². The highest BCUT2D eigenvalue weighted by Gasteiger charge is 2.22. The Kier molecular flexibility index (Phi) is 6.59. The Bertz CT molecular complexity index is 422. The van der Waals surface area contributed by atoms with Crippen molar-refractivity contribution in [3.8, 4) is 0 Å². The second-order valence-electron chi connectivity index (χ2n) is 5.00. The predicted octanol–water partition coefficient (Wildman–Crippen LogP) is 3.67. The minimum atomic E-state index is -0.109. The first-order valence-electron chi connectivity index (χ1n) is 7.09. The average Bonchev–Trinajstić information content (AvgIpc) is 2.93. The first-order chi connectivity index (χ1) is 9.69. The summed E-state index contributed by atoms with van der Waals surface area (Å²) < 4.78 is 11.1. The largest absolute Gasteiger partial charge is 0.350 e. The van der Waals surface area contributed by atoms with E-state index in [1.54, 1.807) is 0 Å². The molecule has 0 aromatic heterocycles. The highest BCUT2D eigenvalue weighted by atomic mass is 35.5. The van der Waals surface area contributed by atoms with E-state index >= 15 is 0 Å².